The lowest BCUT2D eigenvalue weighted by atomic mass is 10.1. The Morgan fingerprint density at radius 3 is 1.71 bits per heavy atom. The SMILES string of the molecule is FC(F)(F)c1cc(N2CCNCC2)ccc1Cl.O=C(c1cc([N+](=O)[O-])ccc1N1CCOCC1)N1CCN(c2ccc(Cl)c(C(F)(F)F)c2)CC1. The molecule has 3 fully saturated rings. The molecule has 3 aliphatic rings. The number of carbonyl (C=O) groups excluding carboxylic acids is 1. The smallest absolute Gasteiger partial charge is 0.378 e. The number of amides is 1. The Morgan fingerprint density at radius 1 is 0.706 bits per heavy atom. The number of benzene rings is 3. The number of alkyl halides is 6. The van der Waals surface area contributed by atoms with Crippen molar-refractivity contribution in [1.82, 2.24) is 10.2 Å². The number of morpholine rings is 1. The summed E-state index contributed by atoms with van der Waals surface area (Å²) in [5, 5.41) is 13.8. The number of hydrogen-bond donors (Lipinski definition) is 1. The van der Waals surface area contributed by atoms with Gasteiger partial charge in [0.15, 0.2) is 0 Å². The summed E-state index contributed by atoms with van der Waals surface area (Å²) in [4.78, 5) is 31.3. The van der Waals surface area contributed by atoms with E-state index in [2.05, 4.69) is 5.32 Å². The number of hydrogen-bond acceptors (Lipinski definition) is 8. The molecular weight excluding hydrogens is 729 g/mol. The number of non-ortho nitro benzene ring substituents is 1. The molecule has 1 amide bonds. The van der Waals surface area contributed by atoms with Crippen molar-refractivity contribution in [3.8, 4) is 0 Å². The van der Waals surface area contributed by atoms with Crippen molar-refractivity contribution in [2.24, 2.45) is 0 Å². The van der Waals surface area contributed by atoms with Crippen molar-refractivity contribution in [2.45, 2.75) is 12.4 Å². The van der Waals surface area contributed by atoms with Crippen LogP contribution in [0.4, 0.5) is 49.1 Å². The fraction of sp³-hybridized carbons (Fsp3) is 0.424. The summed E-state index contributed by atoms with van der Waals surface area (Å²) in [5.74, 6) is -0.350. The summed E-state index contributed by atoms with van der Waals surface area (Å²) in [5.41, 5.74) is -0.0763. The highest BCUT2D eigenvalue weighted by Crippen LogP contribution is 2.38. The number of nitro groups is 1. The van der Waals surface area contributed by atoms with Crippen LogP contribution in [-0.2, 0) is 17.1 Å². The summed E-state index contributed by atoms with van der Waals surface area (Å²) in [6.45, 7) is 6.22. The van der Waals surface area contributed by atoms with E-state index in [4.69, 9.17) is 27.9 Å². The normalized spacial score (nSPS) is 17.2. The van der Waals surface area contributed by atoms with Gasteiger partial charge in [-0.05, 0) is 42.5 Å². The van der Waals surface area contributed by atoms with Gasteiger partial charge in [-0.3, -0.25) is 14.9 Å². The van der Waals surface area contributed by atoms with E-state index in [1.54, 1.807) is 21.9 Å². The number of rotatable bonds is 5. The van der Waals surface area contributed by atoms with Crippen LogP contribution in [0, 0.1) is 10.1 Å². The molecule has 3 aromatic carbocycles. The second-order valence-corrected chi connectivity index (χ2v) is 12.7. The van der Waals surface area contributed by atoms with Crippen LogP contribution in [0.15, 0.2) is 54.6 Å². The number of nitrogens with zero attached hydrogens (tertiary/aromatic N) is 5. The van der Waals surface area contributed by atoms with Gasteiger partial charge in [-0.1, -0.05) is 23.2 Å². The van der Waals surface area contributed by atoms with Crippen LogP contribution in [0.3, 0.4) is 0 Å². The van der Waals surface area contributed by atoms with Gasteiger partial charge in [-0.25, -0.2) is 0 Å². The lowest BCUT2D eigenvalue weighted by molar-refractivity contribution is -0.384. The van der Waals surface area contributed by atoms with Crippen molar-refractivity contribution >= 4 is 51.9 Å². The maximum absolute atomic E-state index is 13.4. The van der Waals surface area contributed by atoms with Gasteiger partial charge in [-0.15, -0.1) is 0 Å². The largest absolute Gasteiger partial charge is 0.417 e. The Balaban J connectivity index is 0.000000248. The molecule has 0 saturated carbocycles. The molecule has 0 aromatic heterocycles. The zero-order chi connectivity index (χ0) is 36.9. The fourth-order valence-electron chi connectivity index (χ4n) is 6.00. The first-order valence-electron chi connectivity index (χ1n) is 16.0. The summed E-state index contributed by atoms with van der Waals surface area (Å²) in [6, 6.07) is 12.0. The van der Waals surface area contributed by atoms with E-state index >= 15 is 0 Å². The van der Waals surface area contributed by atoms with Crippen molar-refractivity contribution in [2.75, 3.05) is 93.4 Å². The minimum Gasteiger partial charge on any atom is -0.378 e. The Bertz CT molecular complexity index is 1710. The molecule has 0 radical (unpaired) electrons. The molecule has 18 heteroatoms. The molecule has 0 aliphatic carbocycles. The Kier molecular flexibility index (Phi) is 12.1. The van der Waals surface area contributed by atoms with Gasteiger partial charge in [0.2, 0.25) is 0 Å². The fourth-order valence-corrected chi connectivity index (χ4v) is 6.45. The maximum Gasteiger partial charge on any atom is 0.417 e. The van der Waals surface area contributed by atoms with E-state index in [9.17, 15) is 41.3 Å². The Morgan fingerprint density at radius 2 is 1.22 bits per heavy atom. The van der Waals surface area contributed by atoms with Crippen molar-refractivity contribution in [3.63, 3.8) is 0 Å². The molecule has 0 unspecified atom stereocenters. The molecule has 10 nitrogen and oxygen atoms in total. The average Bonchev–Trinajstić information content (AvgIpc) is 3.11. The first kappa shape index (κ1) is 38.2. The Hall–Kier alpha value is -3.99. The highest BCUT2D eigenvalue weighted by molar-refractivity contribution is 6.31. The molecule has 3 saturated heterocycles. The minimum atomic E-state index is -4.57. The third-order valence-corrected chi connectivity index (χ3v) is 9.36. The van der Waals surface area contributed by atoms with Crippen LogP contribution < -0.4 is 20.0 Å². The first-order chi connectivity index (χ1) is 24.1. The van der Waals surface area contributed by atoms with Crippen molar-refractivity contribution in [3.05, 3.63) is 91.4 Å². The number of carbonyl (C=O) groups is 1. The molecule has 3 heterocycles. The molecule has 0 spiro atoms. The van der Waals surface area contributed by atoms with Crippen molar-refractivity contribution < 1.29 is 40.8 Å². The third-order valence-electron chi connectivity index (χ3n) is 8.70. The van der Waals surface area contributed by atoms with Crippen LogP contribution >= 0.6 is 23.2 Å². The van der Waals surface area contributed by atoms with E-state index < -0.39 is 28.4 Å². The summed E-state index contributed by atoms with van der Waals surface area (Å²) < 4.78 is 83.1. The minimum absolute atomic E-state index is 0.181. The summed E-state index contributed by atoms with van der Waals surface area (Å²) >= 11 is 11.3. The molecule has 51 heavy (non-hydrogen) atoms. The number of halogens is 8. The zero-order valence-electron chi connectivity index (χ0n) is 27.1. The van der Waals surface area contributed by atoms with Crippen LogP contribution in [0.25, 0.3) is 0 Å². The summed E-state index contributed by atoms with van der Waals surface area (Å²) in [7, 11) is 0. The van der Waals surface area contributed by atoms with E-state index in [-0.39, 0.29) is 40.3 Å². The van der Waals surface area contributed by atoms with Gasteiger partial charge in [0, 0.05) is 89.0 Å². The highest BCUT2D eigenvalue weighted by atomic mass is 35.5. The van der Waals surface area contributed by atoms with Crippen LogP contribution in [0.5, 0.6) is 0 Å². The average molecular weight is 764 g/mol. The van der Waals surface area contributed by atoms with E-state index in [1.807, 2.05) is 9.80 Å². The third kappa shape index (κ3) is 9.47. The van der Waals surface area contributed by atoms with Crippen LogP contribution in [0.2, 0.25) is 10.0 Å². The van der Waals surface area contributed by atoms with Gasteiger partial charge in [0.1, 0.15) is 0 Å². The topological polar surface area (TPSA) is 94.4 Å². The lowest BCUT2D eigenvalue weighted by Crippen LogP contribution is -2.49. The Labute approximate surface area is 299 Å². The molecule has 3 aliphatic heterocycles. The molecule has 0 atom stereocenters. The number of anilines is 3. The first-order valence-corrected chi connectivity index (χ1v) is 16.7. The van der Waals surface area contributed by atoms with E-state index in [0.717, 1.165) is 25.2 Å². The number of piperazine rings is 2. The number of ether oxygens (including phenoxy) is 1. The quantitative estimate of drug-likeness (QED) is 0.172. The number of nitrogens with one attached hydrogen (secondary N) is 1. The van der Waals surface area contributed by atoms with Gasteiger partial charge in [-0.2, -0.15) is 26.3 Å². The van der Waals surface area contributed by atoms with Gasteiger partial charge in [0.05, 0.1) is 50.6 Å². The zero-order valence-corrected chi connectivity index (χ0v) is 28.6. The second-order valence-electron chi connectivity index (χ2n) is 11.9. The van der Waals surface area contributed by atoms with E-state index in [1.165, 1.54) is 30.3 Å². The highest BCUT2D eigenvalue weighted by Gasteiger charge is 2.35. The predicted molar refractivity (Wildman–Crippen MR) is 182 cm³/mol. The lowest BCUT2D eigenvalue weighted by Gasteiger charge is -2.37. The molecule has 6 rings (SSSR count). The van der Waals surface area contributed by atoms with Crippen molar-refractivity contribution in [1.29, 1.82) is 0 Å². The van der Waals surface area contributed by atoms with Crippen LogP contribution in [-0.4, -0.2) is 94.4 Å². The molecule has 1 N–H and O–H groups in total. The molecular formula is C33H34Cl2F6N6O4. The standard InChI is InChI=1S/C22H22ClF3N4O4.C11H12ClF3N2/c23-19-3-1-15(14-18(19)22(24,25)26)27-5-7-29(8-6-27)21(31)17-13-16(30(32)33)2-4-20(17)28-9-11-34-12-10-28;12-10-2-1-8(7-9(10)11(13,14)15)17-5-3-16-4-6-17/h1-4,13-14H,5-12H2;1-2,7,16H,3-6H2. The molecule has 276 valence electrons. The predicted octanol–water partition coefficient (Wildman–Crippen LogP) is 6.83. The van der Waals surface area contributed by atoms with E-state index in [0.29, 0.717) is 69.5 Å². The monoisotopic (exact) mass is 762 g/mol. The molecule has 3 aromatic rings. The van der Waals surface area contributed by atoms with Gasteiger partial charge < -0.3 is 29.7 Å². The molecule has 0 bridgehead atoms. The van der Waals surface area contributed by atoms with Gasteiger partial charge >= 0.3 is 12.4 Å². The van der Waals surface area contributed by atoms with Crippen LogP contribution in [0.1, 0.15) is 21.5 Å². The summed E-state index contributed by atoms with van der Waals surface area (Å²) in [6.07, 6.45) is -8.97. The number of nitro benzene ring substituents is 1. The van der Waals surface area contributed by atoms with Gasteiger partial charge in [0.25, 0.3) is 11.6 Å². The maximum atomic E-state index is 13.4. The second kappa shape index (κ2) is 16.1.